The molecule has 0 aromatic carbocycles. The summed E-state index contributed by atoms with van der Waals surface area (Å²) in [6.45, 7) is 15.2. The van der Waals surface area contributed by atoms with Crippen LogP contribution in [0.25, 0.3) is 0 Å². The monoisotopic (exact) mass is 301 g/mol. The number of ether oxygens (including phenoxy) is 2. The molecule has 0 bridgehead atoms. The van der Waals surface area contributed by atoms with Crippen molar-refractivity contribution < 1.29 is 14.3 Å². The smallest absolute Gasteiger partial charge is 0.326 e. The number of hydrogen-bond donors (Lipinski definition) is 1. The number of hydrogen-bond acceptors (Lipinski definition) is 4. The largest absolute Gasteiger partial charge is 0.465 e. The Morgan fingerprint density at radius 3 is 2.19 bits per heavy atom. The molecule has 4 nitrogen and oxygen atoms in total. The molecule has 0 aromatic rings. The first-order chi connectivity index (χ1) is 9.75. The van der Waals surface area contributed by atoms with Crippen molar-refractivity contribution in [3.05, 3.63) is 0 Å². The second kappa shape index (κ2) is 10.2. The number of rotatable bonds is 11. The third-order valence-electron chi connectivity index (χ3n) is 3.50. The van der Waals surface area contributed by atoms with Crippen molar-refractivity contribution in [3.63, 3.8) is 0 Å². The SMILES string of the molecule is CCNC(C)(CCCCOCCC(C)(C)C)C(=O)OCC. The van der Waals surface area contributed by atoms with E-state index in [2.05, 4.69) is 26.1 Å². The summed E-state index contributed by atoms with van der Waals surface area (Å²) in [6, 6.07) is 0. The van der Waals surface area contributed by atoms with E-state index in [9.17, 15) is 4.79 Å². The summed E-state index contributed by atoms with van der Waals surface area (Å²) in [4.78, 5) is 12.0. The van der Waals surface area contributed by atoms with Gasteiger partial charge in [0.05, 0.1) is 6.61 Å². The van der Waals surface area contributed by atoms with Crippen LogP contribution < -0.4 is 5.32 Å². The highest BCUT2D eigenvalue weighted by Gasteiger charge is 2.32. The first-order valence-corrected chi connectivity index (χ1v) is 8.25. The maximum Gasteiger partial charge on any atom is 0.326 e. The molecule has 0 radical (unpaired) electrons. The lowest BCUT2D eigenvalue weighted by atomic mass is 9.93. The van der Waals surface area contributed by atoms with Gasteiger partial charge in [-0.25, -0.2) is 0 Å². The Bertz CT molecular complexity index is 286. The van der Waals surface area contributed by atoms with Gasteiger partial charge in [-0.3, -0.25) is 4.79 Å². The highest BCUT2D eigenvalue weighted by atomic mass is 16.5. The van der Waals surface area contributed by atoms with Gasteiger partial charge in [-0.1, -0.05) is 27.7 Å². The van der Waals surface area contributed by atoms with Crippen LogP contribution in [0, 0.1) is 5.41 Å². The van der Waals surface area contributed by atoms with E-state index in [0.29, 0.717) is 12.0 Å². The molecule has 0 amide bonds. The van der Waals surface area contributed by atoms with Crippen LogP contribution >= 0.6 is 0 Å². The van der Waals surface area contributed by atoms with E-state index < -0.39 is 5.54 Å². The van der Waals surface area contributed by atoms with Gasteiger partial charge in [-0.05, 0) is 51.5 Å². The van der Waals surface area contributed by atoms with Crippen LogP contribution in [-0.4, -0.2) is 37.9 Å². The third kappa shape index (κ3) is 9.86. The molecule has 0 aliphatic carbocycles. The number of unbranched alkanes of at least 4 members (excludes halogenated alkanes) is 1. The Morgan fingerprint density at radius 2 is 1.67 bits per heavy atom. The minimum absolute atomic E-state index is 0.152. The van der Waals surface area contributed by atoms with Gasteiger partial charge in [0.25, 0.3) is 0 Å². The molecule has 0 rings (SSSR count). The van der Waals surface area contributed by atoms with Crippen molar-refractivity contribution in [1.82, 2.24) is 5.32 Å². The van der Waals surface area contributed by atoms with Crippen LogP contribution in [0.3, 0.4) is 0 Å². The standard InChI is InChI=1S/C17H35NO3/c1-7-18-17(6,15(19)21-8-2)11-9-10-13-20-14-12-16(3,4)5/h18H,7-14H2,1-6H3. The van der Waals surface area contributed by atoms with Gasteiger partial charge in [0, 0.05) is 13.2 Å². The second-order valence-corrected chi connectivity index (χ2v) is 6.96. The molecule has 0 saturated carbocycles. The average Bonchev–Trinajstić information content (AvgIpc) is 2.37. The molecule has 0 spiro atoms. The molecule has 0 fully saturated rings. The van der Waals surface area contributed by atoms with Crippen molar-refractivity contribution >= 4 is 5.97 Å². The van der Waals surface area contributed by atoms with Crippen LogP contribution in [0.4, 0.5) is 0 Å². The van der Waals surface area contributed by atoms with E-state index in [4.69, 9.17) is 9.47 Å². The first kappa shape index (κ1) is 20.4. The molecular formula is C17H35NO3. The van der Waals surface area contributed by atoms with E-state index in [0.717, 1.165) is 45.4 Å². The van der Waals surface area contributed by atoms with Crippen LogP contribution in [0.5, 0.6) is 0 Å². The maximum atomic E-state index is 12.0. The first-order valence-electron chi connectivity index (χ1n) is 8.25. The number of likely N-dealkylation sites (N-methyl/N-ethyl adjacent to an activating group) is 1. The van der Waals surface area contributed by atoms with Crippen molar-refractivity contribution in [2.45, 2.75) is 72.8 Å². The van der Waals surface area contributed by atoms with Gasteiger partial charge < -0.3 is 14.8 Å². The predicted octanol–water partition coefficient (Wildman–Crippen LogP) is 3.54. The summed E-state index contributed by atoms with van der Waals surface area (Å²) >= 11 is 0. The molecule has 126 valence electrons. The Kier molecular flexibility index (Phi) is 9.88. The van der Waals surface area contributed by atoms with Gasteiger partial charge in [0.1, 0.15) is 5.54 Å². The molecule has 0 aliphatic heterocycles. The highest BCUT2D eigenvalue weighted by molar-refractivity contribution is 5.80. The molecule has 0 aromatic heterocycles. The molecule has 0 aliphatic rings. The van der Waals surface area contributed by atoms with Crippen LogP contribution in [0.2, 0.25) is 0 Å². The van der Waals surface area contributed by atoms with Crippen molar-refractivity contribution in [2.24, 2.45) is 5.41 Å². The van der Waals surface area contributed by atoms with E-state index >= 15 is 0 Å². The summed E-state index contributed by atoms with van der Waals surface area (Å²) in [5.41, 5.74) is -0.246. The lowest BCUT2D eigenvalue weighted by Crippen LogP contribution is -2.50. The van der Waals surface area contributed by atoms with Crippen LogP contribution in [0.1, 0.15) is 67.2 Å². The molecule has 0 heterocycles. The maximum absolute atomic E-state index is 12.0. The van der Waals surface area contributed by atoms with Crippen molar-refractivity contribution in [3.8, 4) is 0 Å². The van der Waals surface area contributed by atoms with E-state index in [1.807, 2.05) is 20.8 Å². The van der Waals surface area contributed by atoms with Crippen LogP contribution in [0.15, 0.2) is 0 Å². The van der Waals surface area contributed by atoms with Gasteiger partial charge in [0.2, 0.25) is 0 Å². The summed E-state index contributed by atoms with van der Waals surface area (Å²) in [5.74, 6) is -0.152. The topological polar surface area (TPSA) is 47.6 Å². The lowest BCUT2D eigenvalue weighted by molar-refractivity contribution is -0.150. The minimum Gasteiger partial charge on any atom is -0.465 e. The van der Waals surface area contributed by atoms with E-state index in [1.54, 1.807) is 0 Å². The van der Waals surface area contributed by atoms with E-state index in [-0.39, 0.29) is 5.97 Å². The summed E-state index contributed by atoms with van der Waals surface area (Å²) in [7, 11) is 0. The fourth-order valence-corrected chi connectivity index (χ4v) is 2.11. The molecule has 0 saturated heterocycles. The normalized spacial score (nSPS) is 14.8. The quantitative estimate of drug-likeness (QED) is 0.468. The van der Waals surface area contributed by atoms with Crippen molar-refractivity contribution in [1.29, 1.82) is 0 Å². The Labute approximate surface area is 131 Å². The third-order valence-corrected chi connectivity index (χ3v) is 3.50. The zero-order valence-corrected chi connectivity index (χ0v) is 14.9. The predicted molar refractivity (Wildman–Crippen MR) is 87.5 cm³/mol. The average molecular weight is 301 g/mol. The molecular weight excluding hydrogens is 266 g/mol. The molecule has 1 unspecified atom stereocenters. The number of carbonyl (C=O) groups is 1. The molecule has 1 atom stereocenters. The van der Waals surface area contributed by atoms with Crippen molar-refractivity contribution in [2.75, 3.05) is 26.4 Å². The fraction of sp³-hybridized carbons (Fsp3) is 0.941. The minimum atomic E-state index is -0.573. The van der Waals surface area contributed by atoms with E-state index in [1.165, 1.54) is 0 Å². The fourth-order valence-electron chi connectivity index (χ4n) is 2.11. The number of nitrogens with one attached hydrogen (secondary N) is 1. The van der Waals surface area contributed by atoms with Gasteiger partial charge in [-0.15, -0.1) is 0 Å². The molecule has 21 heavy (non-hydrogen) atoms. The zero-order chi connectivity index (χ0) is 16.4. The highest BCUT2D eigenvalue weighted by Crippen LogP contribution is 2.19. The van der Waals surface area contributed by atoms with Gasteiger partial charge >= 0.3 is 5.97 Å². The summed E-state index contributed by atoms with van der Waals surface area (Å²) in [5, 5.41) is 3.25. The van der Waals surface area contributed by atoms with Crippen LogP contribution in [-0.2, 0) is 14.3 Å². The Hall–Kier alpha value is -0.610. The zero-order valence-electron chi connectivity index (χ0n) is 14.9. The lowest BCUT2D eigenvalue weighted by Gasteiger charge is -2.28. The van der Waals surface area contributed by atoms with Gasteiger partial charge in [0.15, 0.2) is 0 Å². The molecule has 1 N–H and O–H groups in total. The number of esters is 1. The van der Waals surface area contributed by atoms with Gasteiger partial charge in [-0.2, -0.15) is 0 Å². The number of carbonyl (C=O) groups excluding carboxylic acids is 1. The molecule has 4 heteroatoms. The second-order valence-electron chi connectivity index (χ2n) is 6.96. The Morgan fingerprint density at radius 1 is 1.00 bits per heavy atom. The Balaban J connectivity index is 3.91. The summed E-state index contributed by atoms with van der Waals surface area (Å²) in [6.07, 6.45) is 3.79. The summed E-state index contributed by atoms with van der Waals surface area (Å²) < 4.78 is 10.8.